The summed E-state index contributed by atoms with van der Waals surface area (Å²) in [5, 5.41) is 6.81. The molecular weight excluding hydrogens is 323 g/mol. The lowest BCUT2D eigenvalue weighted by molar-refractivity contribution is -0.123. The van der Waals surface area contributed by atoms with Crippen LogP contribution in [0.4, 0.5) is 0 Å². The summed E-state index contributed by atoms with van der Waals surface area (Å²) < 4.78 is 0. The van der Waals surface area contributed by atoms with E-state index in [2.05, 4.69) is 17.6 Å². The van der Waals surface area contributed by atoms with Crippen LogP contribution in [-0.4, -0.2) is 24.9 Å². The van der Waals surface area contributed by atoms with Gasteiger partial charge in [0.2, 0.25) is 11.8 Å². The first-order chi connectivity index (χ1) is 10.5. The number of hydrogen-bond acceptors (Lipinski definition) is 2. The van der Waals surface area contributed by atoms with Gasteiger partial charge in [-0.3, -0.25) is 9.59 Å². The first kappa shape index (κ1) is 17.1. The van der Waals surface area contributed by atoms with Crippen molar-refractivity contribution >= 4 is 35.0 Å². The van der Waals surface area contributed by atoms with Crippen molar-refractivity contribution in [2.75, 3.05) is 13.1 Å². The van der Waals surface area contributed by atoms with Gasteiger partial charge in [-0.15, -0.1) is 0 Å². The number of benzene rings is 1. The molecule has 0 bridgehead atoms. The fourth-order valence-electron chi connectivity index (χ4n) is 2.27. The smallest absolute Gasteiger partial charge is 0.223 e. The molecule has 1 aliphatic carbocycles. The largest absolute Gasteiger partial charge is 0.356 e. The molecule has 22 heavy (non-hydrogen) atoms. The van der Waals surface area contributed by atoms with Gasteiger partial charge in [0.15, 0.2) is 0 Å². The van der Waals surface area contributed by atoms with E-state index in [1.165, 1.54) is 0 Å². The first-order valence-electron chi connectivity index (χ1n) is 7.45. The standard InChI is InChI=1S/C16H20Cl2N2O2/c1-10-8-13(10)16(22)20-7-5-15(21)19-6-4-11-2-3-12(17)9-14(11)18/h2-3,9-10,13H,4-8H2,1H3,(H,19,21)(H,20,22). The Kier molecular flexibility index (Phi) is 6.09. The summed E-state index contributed by atoms with van der Waals surface area (Å²) in [6, 6.07) is 5.32. The second kappa shape index (κ2) is 7.84. The first-order valence-corrected chi connectivity index (χ1v) is 8.21. The summed E-state index contributed by atoms with van der Waals surface area (Å²) in [6.45, 7) is 2.95. The second-order valence-corrected chi connectivity index (χ2v) is 6.54. The molecule has 0 radical (unpaired) electrons. The Labute approximate surface area is 140 Å². The highest BCUT2D eigenvalue weighted by Gasteiger charge is 2.38. The third kappa shape index (κ3) is 5.18. The highest BCUT2D eigenvalue weighted by molar-refractivity contribution is 6.35. The molecule has 0 saturated heterocycles. The van der Waals surface area contributed by atoms with Gasteiger partial charge in [-0.1, -0.05) is 36.2 Å². The lowest BCUT2D eigenvalue weighted by atomic mass is 10.1. The van der Waals surface area contributed by atoms with E-state index in [1.54, 1.807) is 12.1 Å². The van der Waals surface area contributed by atoms with Gasteiger partial charge < -0.3 is 10.6 Å². The maximum atomic E-state index is 11.7. The zero-order chi connectivity index (χ0) is 16.1. The van der Waals surface area contributed by atoms with Gasteiger partial charge in [-0.25, -0.2) is 0 Å². The van der Waals surface area contributed by atoms with E-state index in [4.69, 9.17) is 23.2 Å². The summed E-state index contributed by atoms with van der Waals surface area (Å²) in [6.07, 6.45) is 1.90. The molecule has 1 fully saturated rings. The fraction of sp³-hybridized carbons (Fsp3) is 0.500. The number of halogens is 2. The molecule has 1 saturated carbocycles. The van der Waals surface area contributed by atoms with Crippen molar-refractivity contribution in [2.45, 2.75) is 26.2 Å². The molecule has 1 aromatic carbocycles. The molecule has 120 valence electrons. The van der Waals surface area contributed by atoms with Crippen LogP contribution >= 0.6 is 23.2 Å². The highest BCUT2D eigenvalue weighted by Crippen LogP contribution is 2.37. The van der Waals surface area contributed by atoms with Gasteiger partial charge in [0, 0.05) is 35.5 Å². The summed E-state index contributed by atoms with van der Waals surface area (Å²) in [5.74, 6) is 0.621. The average molecular weight is 343 g/mol. The minimum absolute atomic E-state index is 0.0632. The van der Waals surface area contributed by atoms with E-state index < -0.39 is 0 Å². The van der Waals surface area contributed by atoms with Crippen LogP contribution in [0.1, 0.15) is 25.3 Å². The lowest BCUT2D eigenvalue weighted by Gasteiger charge is -2.08. The molecule has 0 aromatic heterocycles. The molecular formula is C16H20Cl2N2O2. The van der Waals surface area contributed by atoms with E-state index in [1.807, 2.05) is 6.07 Å². The zero-order valence-electron chi connectivity index (χ0n) is 12.5. The van der Waals surface area contributed by atoms with Crippen molar-refractivity contribution in [2.24, 2.45) is 11.8 Å². The Morgan fingerprint density at radius 2 is 1.95 bits per heavy atom. The van der Waals surface area contributed by atoms with Crippen LogP contribution in [0, 0.1) is 11.8 Å². The van der Waals surface area contributed by atoms with Crippen LogP contribution < -0.4 is 10.6 Å². The van der Waals surface area contributed by atoms with Crippen molar-refractivity contribution in [3.8, 4) is 0 Å². The number of hydrogen-bond donors (Lipinski definition) is 2. The van der Waals surface area contributed by atoms with Gasteiger partial charge in [0.25, 0.3) is 0 Å². The maximum absolute atomic E-state index is 11.7. The van der Waals surface area contributed by atoms with Crippen molar-refractivity contribution < 1.29 is 9.59 Å². The third-order valence-corrected chi connectivity index (χ3v) is 4.42. The van der Waals surface area contributed by atoms with E-state index in [-0.39, 0.29) is 17.7 Å². The molecule has 0 aliphatic heterocycles. The number of carbonyl (C=O) groups is 2. The number of carbonyl (C=O) groups excluding carboxylic acids is 2. The topological polar surface area (TPSA) is 58.2 Å². The predicted molar refractivity (Wildman–Crippen MR) is 88.1 cm³/mol. The quantitative estimate of drug-likeness (QED) is 0.800. The van der Waals surface area contributed by atoms with Gasteiger partial charge in [-0.2, -0.15) is 0 Å². The van der Waals surface area contributed by atoms with Crippen molar-refractivity contribution in [3.63, 3.8) is 0 Å². The van der Waals surface area contributed by atoms with Crippen molar-refractivity contribution in [1.29, 1.82) is 0 Å². The van der Waals surface area contributed by atoms with Crippen LogP contribution in [0.2, 0.25) is 10.0 Å². The monoisotopic (exact) mass is 342 g/mol. The molecule has 1 aromatic rings. The van der Waals surface area contributed by atoms with E-state index in [0.29, 0.717) is 41.9 Å². The van der Waals surface area contributed by atoms with E-state index >= 15 is 0 Å². The minimum atomic E-state index is -0.0748. The van der Waals surface area contributed by atoms with Crippen LogP contribution in [0.15, 0.2) is 18.2 Å². The molecule has 6 heteroatoms. The molecule has 2 amide bonds. The Morgan fingerprint density at radius 1 is 1.23 bits per heavy atom. The third-order valence-electron chi connectivity index (χ3n) is 3.83. The predicted octanol–water partition coefficient (Wildman–Crippen LogP) is 2.81. The number of nitrogens with one attached hydrogen (secondary N) is 2. The minimum Gasteiger partial charge on any atom is -0.356 e. The molecule has 2 unspecified atom stereocenters. The summed E-state index contributed by atoms with van der Waals surface area (Å²) in [5.41, 5.74) is 0.947. The van der Waals surface area contributed by atoms with Gasteiger partial charge in [0.1, 0.15) is 0 Å². The van der Waals surface area contributed by atoms with Crippen molar-refractivity contribution in [3.05, 3.63) is 33.8 Å². The SMILES string of the molecule is CC1CC1C(=O)NCCC(=O)NCCc1ccc(Cl)cc1Cl. The molecule has 4 nitrogen and oxygen atoms in total. The summed E-state index contributed by atoms with van der Waals surface area (Å²) in [7, 11) is 0. The van der Waals surface area contributed by atoms with E-state index in [0.717, 1.165) is 12.0 Å². The maximum Gasteiger partial charge on any atom is 0.223 e. The molecule has 0 heterocycles. The number of amides is 2. The van der Waals surface area contributed by atoms with Crippen LogP contribution in [-0.2, 0) is 16.0 Å². The molecule has 2 atom stereocenters. The number of rotatable bonds is 7. The summed E-state index contributed by atoms with van der Waals surface area (Å²) >= 11 is 11.9. The lowest BCUT2D eigenvalue weighted by Crippen LogP contribution is -2.32. The average Bonchev–Trinajstić information content (AvgIpc) is 3.18. The van der Waals surface area contributed by atoms with Gasteiger partial charge in [0.05, 0.1) is 0 Å². The Morgan fingerprint density at radius 3 is 2.59 bits per heavy atom. The van der Waals surface area contributed by atoms with Gasteiger partial charge >= 0.3 is 0 Å². The molecule has 0 spiro atoms. The zero-order valence-corrected chi connectivity index (χ0v) is 14.0. The van der Waals surface area contributed by atoms with Crippen LogP contribution in [0.5, 0.6) is 0 Å². The Hall–Kier alpha value is -1.26. The molecule has 2 N–H and O–H groups in total. The normalized spacial score (nSPS) is 19.6. The highest BCUT2D eigenvalue weighted by atomic mass is 35.5. The fourth-order valence-corrected chi connectivity index (χ4v) is 2.77. The Balaban J connectivity index is 1.60. The van der Waals surface area contributed by atoms with Crippen LogP contribution in [0.25, 0.3) is 0 Å². The molecule has 2 rings (SSSR count). The van der Waals surface area contributed by atoms with E-state index in [9.17, 15) is 9.59 Å². The van der Waals surface area contributed by atoms with Gasteiger partial charge in [-0.05, 0) is 36.5 Å². The van der Waals surface area contributed by atoms with Crippen molar-refractivity contribution in [1.82, 2.24) is 10.6 Å². The molecule has 1 aliphatic rings. The summed E-state index contributed by atoms with van der Waals surface area (Å²) in [4.78, 5) is 23.3. The second-order valence-electron chi connectivity index (χ2n) is 5.70. The Bertz CT molecular complexity index is 563. The van der Waals surface area contributed by atoms with Crippen LogP contribution in [0.3, 0.4) is 0 Å².